The van der Waals surface area contributed by atoms with Crippen LogP contribution in [0.2, 0.25) is 0 Å². The molecule has 76 valence electrons. The van der Waals surface area contributed by atoms with Gasteiger partial charge in [0.15, 0.2) is 0 Å². The van der Waals surface area contributed by atoms with E-state index in [0.29, 0.717) is 6.04 Å². The first-order valence-corrected chi connectivity index (χ1v) is 5.48. The predicted octanol–water partition coefficient (Wildman–Crippen LogP) is 1.81. The van der Waals surface area contributed by atoms with E-state index in [1.165, 1.54) is 25.9 Å². The van der Waals surface area contributed by atoms with Gasteiger partial charge in [-0.25, -0.2) is 0 Å². The van der Waals surface area contributed by atoms with Crippen LogP contribution in [-0.4, -0.2) is 37.1 Å². The first kappa shape index (κ1) is 11.0. The maximum atomic E-state index is 5.41. The lowest BCUT2D eigenvalue weighted by atomic mass is 10.3. The number of hydrogen-bond donors (Lipinski definition) is 1. The van der Waals surface area contributed by atoms with Crippen LogP contribution >= 0.6 is 11.6 Å². The van der Waals surface area contributed by atoms with Gasteiger partial charge in [0, 0.05) is 24.7 Å². The summed E-state index contributed by atoms with van der Waals surface area (Å²) in [7, 11) is 0. The van der Waals surface area contributed by atoms with Crippen molar-refractivity contribution in [3.8, 4) is 0 Å². The molecule has 0 aliphatic carbocycles. The lowest BCUT2D eigenvalue weighted by Gasteiger charge is -2.23. The third-order valence-electron chi connectivity index (χ3n) is 2.56. The molecule has 1 N–H and O–H groups in total. The highest BCUT2D eigenvalue weighted by atomic mass is 35.5. The van der Waals surface area contributed by atoms with Gasteiger partial charge in [-0.05, 0) is 32.9 Å². The molecule has 1 aliphatic heterocycles. The zero-order chi connectivity index (χ0) is 9.52. The Morgan fingerprint density at radius 2 is 2.15 bits per heavy atom. The molecule has 1 aliphatic rings. The summed E-state index contributed by atoms with van der Waals surface area (Å²) in [5.74, 6) is 0. The van der Waals surface area contributed by atoms with E-state index in [9.17, 15) is 0 Å². The molecule has 13 heavy (non-hydrogen) atoms. The van der Waals surface area contributed by atoms with Crippen LogP contribution in [0.4, 0.5) is 0 Å². The van der Waals surface area contributed by atoms with Crippen LogP contribution in [0.15, 0.2) is 11.6 Å². The summed E-state index contributed by atoms with van der Waals surface area (Å²) >= 11 is 5.41. The van der Waals surface area contributed by atoms with E-state index < -0.39 is 0 Å². The molecule has 1 atom stereocenters. The minimum atomic E-state index is 0.659. The van der Waals surface area contributed by atoms with E-state index in [1.807, 2.05) is 6.08 Å². The number of rotatable bonds is 5. The van der Waals surface area contributed by atoms with Crippen molar-refractivity contribution in [1.82, 2.24) is 10.2 Å². The summed E-state index contributed by atoms with van der Waals surface area (Å²) in [6.45, 7) is 6.76. The molecule has 1 fully saturated rings. The Morgan fingerprint density at radius 1 is 1.46 bits per heavy atom. The number of halogens is 1. The van der Waals surface area contributed by atoms with E-state index in [2.05, 4.69) is 17.1 Å². The number of nitrogens with one attached hydrogen (secondary N) is 1. The van der Waals surface area contributed by atoms with Gasteiger partial charge in [-0.1, -0.05) is 17.7 Å². The topological polar surface area (TPSA) is 15.3 Å². The van der Waals surface area contributed by atoms with Gasteiger partial charge >= 0.3 is 0 Å². The number of hydrogen-bond acceptors (Lipinski definition) is 2. The van der Waals surface area contributed by atoms with Crippen molar-refractivity contribution in [2.45, 2.75) is 25.8 Å². The molecule has 1 unspecified atom stereocenters. The third-order valence-corrected chi connectivity index (χ3v) is 2.73. The standard InChI is InChI=1S/C10H19ClN2/c1-10(9-12-6-4-5-11)13-7-2-3-8-13/h4-5,10,12H,2-3,6-9H2,1H3/b5-4+. The Labute approximate surface area is 85.9 Å². The van der Waals surface area contributed by atoms with Gasteiger partial charge in [0.25, 0.3) is 0 Å². The van der Waals surface area contributed by atoms with Crippen LogP contribution < -0.4 is 5.32 Å². The Bertz CT molecular complexity index is 153. The Kier molecular flexibility index (Phi) is 5.44. The normalized spacial score (nSPS) is 21.4. The van der Waals surface area contributed by atoms with Crippen LogP contribution in [0.5, 0.6) is 0 Å². The fourth-order valence-electron chi connectivity index (χ4n) is 1.73. The third kappa shape index (κ3) is 4.12. The molecule has 0 spiro atoms. The van der Waals surface area contributed by atoms with E-state index in [4.69, 9.17) is 11.6 Å². The molecule has 1 rings (SSSR count). The van der Waals surface area contributed by atoms with Crippen molar-refractivity contribution >= 4 is 11.6 Å². The summed E-state index contributed by atoms with van der Waals surface area (Å²) in [6.07, 6.45) is 4.66. The van der Waals surface area contributed by atoms with Gasteiger partial charge in [0.2, 0.25) is 0 Å². The Balaban J connectivity index is 2.06. The molecular formula is C10H19ClN2. The van der Waals surface area contributed by atoms with Crippen molar-refractivity contribution in [3.63, 3.8) is 0 Å². The maximum absolute atomic E-state index is 5.41. The second kappa shape index (κ2) is 6.41. The van der Waals surface area contributed by atoms with Gasteiger partial charge < -0.3 is 5.32 Å². The summed E-state index contributed by atoms with van der Waals surface area (Å²) in [6, 6.07) is 0.659. The van der Waals surface area contributed by atoms with Crippen molar-refractivity contribution in [2.24, 2.45) is 0 Å². The molecule has 0 aromatic carbocycles. The van der Waals surface area contributed by atoms with Crippen molar-refractivity contribution in [1.29, 1.82) is 0 Å². The smallest absolute Gasteiger partial charge is 0.0192 e. The molecule has 1 saturated heterocycles. The molecule has 1 heterocycles. The van der Waals surface area contributed by atoms with Crippen molar-refractivity contribution in [2.75, 3.05) is 26.2 Å². The van der Waals surface area contributed by atoms with Gasteiger partial charge in [0.1, 0.15) is 0 Å². The van der Waals surface area contributed by atoms with Crippen LogP contribution in [0.1, 0.15) is 19.8 Å². The minimum absolute atomic E-state index is 0.659. The minimum Gasteiger partial charge on any atom is -0.312 e. The average Bonchev–Trinajstić information content (AvgIpc) is 2.65. The molecule has 0 amide bonds. The van der Waals surface area contributed by atoms with Gasteiger partial charge in [-0.15, -0.1) is 0 Å². The van der Waals surface area contributed by atoms with E-state index in [-0.39, 0.29) is 0 Å². The zero-order valence-corrected chi connectivity index (χ0v) is 9.06. The summed E-state index contributed by atoms with van der Waals surface area (Å²) < 4.78 is 0. The number of likely N-dealkylation sites (tertiary alicyclic amines) is 1. The van der Waals surface area contributed by atoms with Crippen molar-refractivity contribution in [3.05, 3.63) is 11.6 Å². The molecule has 2 nitrogen and oxygen atoms in total. The number of nitrogens with zero attached hydrogens (tertiary/aromatic N) is 1. The Hall–Kier alpha value is -0.0500. The SMILES string of the molecule is CC(CNC/C=C/Cl)N1CCCC1. The highest BCUT2D eigenvalue weighted by Crippen LogP contribution is 2.10. The van der Waals surface area contributed by atoms with Gasteiger partial charge in [-0.2, -0.15) is 0 Å². The lowest BCUT2D eigenvalue weighted by Crippen LogP contribution is -2.38. The average molecular weight is 203 g/mol. The van der Waals surface area contributed by atoms with E-state index >= 15 is 0 Å². The van der Waals surface area contributed by atoms with E-state index in [0.717, 1.165) is 13.1 Å². The van der Waals surface area contributed by atoms with Gasteiger partial charge in [-0.3, -0.25) is 4.90 Å². The molecular weight excluding hydrogens is 184 g/mol. The molecule has 3 heteroatoms. The second-order valence-electron chi connectivity index (χ2n) is 3.61. The first-order valence-electron chi connectivity index (χ1n) is 5.04. The summed E-state index contributed by atoms with van der Waals surface area (Å²) in [5, 5.41) is 3.35. The summed E-state index contributed by atoms with van der Waals surface area (Å²) in [5.41, 5.74) is 1.56. The molecule has 0 aromatic rings. The van der Waals surface area contributed by atoms with Crippen LogP contribution in [0.3, 0.4) is 0 Å². The fourth-order valence-corrected chi connectivity index (χ4v) is 1.82. The van der Waals surface area contributed by atoms with E-state index in [1.54, 1.807) is 5.54 Å². The molecule has 0 aromatic heterocycles. The lowest BCUT2D eigenvalue weighted by molar-refractivity contribution is 0.254. The molecule has 0 radical (unpaired) electrons. The highest BCUT2D eigenvalue weighted by molar-refractivity contribution is 6.25. The van der Waals surface area contributed by atoms with Crippen molar-refractivity contribution < 1.29 is 0 Å². The Morgan fingerprint density at radius 3 is 2.77 bits per heavy atom. The highest BCUT2D eigenvalue weighted by Gasteiger charge is 2.16. The van der Waals surface area contributed by atoms with Crippen LogP contribution in [-0.2, 0) is 0 Å². The quantitative estimate of drug-likeness (QED) is 0.685. The van der Waals surface area contributed by atoms with Gasteiger partial charge in [0.05, 0.1) is 0 Å². The first-order chi connectivity index (χ1) is 6.34. The summed E-state index contributed by atoms with van der Waals surface area (Å²) in [4.78, 5) is 2.54. The monoisotopic (exact) mass is 202 g/mol. The maximum Gasteiger partial charge on any atom is 0.0192 e. The second-order valence-corrected chi connectivity index (χ2v) is 3.86. The van der Waals surface area contributed by atoms with Crippen LogP contribution in [0.25, 0.3) is 0 Å². The fraction of sp³-hybridized carbons (Fsp3) is 0.800. The zero-order valence-electron chi connectivity index (χ0n) is 8.30. The van der Waals surface area contributed by atoms with Crippen LogP contribution in [0, 0.1) is 0 Å². The predicted molar refractivity (Wildman–Crippen MR) is 58.1 cm³/mol. The molecule has 0 bridgehead atoms. The largest absolute Gasteiger partial charge is 0.312 e. The molecule has 0 saturated carbocycles.